The Balaban J connectivity index is 2.44. The van der Waals surface area contributed by atoms with Gasteiger partial charge in [0.1, 0.15) is 0 Å². The third-order valence-electron chi connectivity index (χ3n) is 2.08. The second-order valence-electron chi connectivity index (χ2n) is 3.12. The first-order valence-electron chi connectivity index (χ1n) is 4.44. The van der Waals surface area contributed by atoms with Gasteiger partial charge in [0.2, 0.25) is 16.3 Å². The molecule has 1 N–H and O–H groups in total. The molecular formula is C9H11NO4S. The van der Waals surface area contributed by atoms with Crippen LogP contribution in [0.3, 0.4) is 0 Å². The fraction of sp³-hybridized carbons (Fsp3) is 0.333. The molecule has 15 heavy (non-hydrogen) atoms. The summed E-state index contributed by atoms with van der Waals surface area (Å²) in [5, 5.41) is 0. The van der Waals surface area contributed by atoms with Gasteiger partial charge in [-0.15, -0.1) is 0 Å². The van der Waals surface area contributed by atoms with Gasteiger partial charge in [0.05, 0.1) is 4.90 Å². The summed E-state index contributed by atoms with van der Waals surface area (Å²) in [7, 11) is -2.06. The Morgan fingerprint density at radius 2 is 1.93 bits per heavy atom. The normalized spacial score (nSPS) is 19.2. The molecule has 1 aromatic rings. The van der Waals surface area contributed by atoms with Crippen molar-refractivity contribution in [2.45, 2.75) is 18.1 Å². The van der Waals surface area contributed by atoms with E-state index in [1.807, 2.05) is 0 Å². The lowest BCUT2D eigenvalue weighted by atomic mass is 10.3. The summed E-state index contributed by atoms with van der Waals surface area (Å²) in [4.78, 5) is 0.168. The first kappa shape index (κ1) is 10.3. The van der Waals surface area contributed by atoms with E-state index in [1.165, 1.54) is 19.2 Å². The Morgan fingerprint density at radius 3 is 2.60 bits per heavy atom. The standard InChI is InChI=1S/C9H11NO4S/c1-6-13-8-4-3-7(5-9(8)14-6)15(11,12)10-2/h3-6,10H,1-2H3. The quantitative estimate of drug-likeness (QED) is 0.811. The summed E-state index contributed by atoms with van der Waals surface area (Å²) in [6.07, 6.45) is -0.368. The van der Waals surface area contributed by atoms with Crippen LogP contribution in [0.4, 0.5) is 0 Å². The molecule has 0 aliphatic carbocycles. The van der Waals surface area contributed by atoms with E-state index in [4.69, 9.17) is 9.47 Å². The number of hydrogen-bond acceptors (Lipinski definition) is 4. The molecular weight excluding hydrogens is 218 g/mol. The predicted molar refractivity (Wildman–Crippen MR) is 53.4 cm³/mol. The van der Waals surface area contributed by atoms with Gasteiger partial charge in [0.25, 0.3) is 0 Å². The van der Waals surface area contributed by atoms with Gasteiger partial charge in [0.15, 0.2) is 11.5 Å². The summed E-state index contributed by atoms with van der Waals surface area (Å²) >= 11 is 0. The molecule has 1 aromatic carbocycles. The highest BCUT2D eigenvalue weighted by Gasteiger charge is 2.22. The number of fused-ring (bicyclic) bond motifs is 1. The first-order chi connectivity index (χ1) is 7.03. The fourth-order valence-electron chi connectivity index (χ4n) is 1.34. The molecule has 0 aromatic heterocycles. The van der Waals surface area contributed by atoms with Crippen molar-refractivity contribution in [1.82, 2.24) is 4.72 Å². The van der Waals surface area contributed by atoms with E-state index in [0.717, 1.165) is 0 Å². The minimum absolute atomic E-state index is 0.168. The van der Waals surface area contributed by atoms with Crippen LogP contribution in [0.1, 0.15) is 6.92 Å². The third kappa shape index (κ3) is 1.78. The van der Waals surface area contributed by atoms with Crippen molar-refractivity contribution in [2.24, 2.45) is 0 Å². The monoisotopic (exact) mass is 229 g/mol. The molecule has 6 heteroatoms. The summed E-state index contributed by atoms with van der Waals surface area (Å²) < 4.78 is 35.7. The van der Waals surface area contributed by atoms with Gasteiger partial charge < -0.3 is 9.47 Å². The zero-order valence-corrected chi connectivity index (χ0v) is 9.17. The van der Waals surface area contributed by atoms with E-state index in [1.54, 1.807) is 13.0 Å². The predicted octanol–water partition coefficient (Wildman–Crippen LogP) is 0.712. The molecule has 0 saturated heterocycles. The maximum absolute atomic E-state index is 11.5. The van der Waals surface area contributed by atoms with E-state index < -0.39 is 10.0 Å². The maximum atomic E-state index is 11.5. The zero-order chi connectivity index (χ0) is 11.1. The van der Waals surface area contributed by atoms with Crippen LogP contribution in [0.5, 0.6) is 11.5 Å². The van der Waals surface area contributed by atoms with E-state index in [2.05, 4.69) is 4.72 Å². The Morgan fingerprint density at radius 1 is 1.27 bits per heavy atom. The van der Waals surface area contributed by atoms with Crippen LogP contribution in [-0.4, -0.2) is 21.8 Å². The van der Waals surface area contributed by atoms with Crippen LogP contribution in [0.25, 0.3) is 0 Å². The molecule has 82 valence electrons. The maximum Gasteiger partial charge on any atom is 0.240 e. The Labute approximate surface area is 88.1 Å². The van der Waals surface area contributed by atoms with Gasteiger partial charge in [-0.05, 0) is 19.2 Å². The average Bonchev–Trinajstić information content (AvgIpc) is 2.56. The highest BCUT2D eigenvalue weighted by atomic mass is 32.2. The van der Waals surface area contributed by atoms with Crippen molar-refractivity contribution in [2.75, 3.05) is 7.05 Å². The lowest BCUT2D eigenvalue weighted by molar-refractivity contribution is 0.0678. The van der Waals surface area contributed by atoms with Gasteiger partial charge in [-0.3, -0.25) is 0 Å². The largest absolute Gasteiger partial charge is 0.451 e. The lowest BCUT2D eigenvalue weighted by Gasteiger charge is -2.02. The van der Waals surface area contributed by atoms with Crippen LogP contribution in [-0.2, 0) is 10.0 Å². The summed E-state index contributed by atoms with van der Waals surface area (Å²) in [6, 6.07) is 4.51. The van der Waals surface area contributed by atoms with Gasteiger partial charge in [-0.25, -0.2) is 13.1 Å². The van der Waals surface area contributed by atoms with Crippen molar-refractivity contribution in [3.05, 3.63) is 18.2 Å². The lowest BCUT2D eigenvalue weighted by Crippen LogP contribution is -2.18. The van der Waals surface area contributed by atoms with Crippen molar-refractivity contribution in [3.63, 3.8) is 0 Å². The molecule has 1 aliphatic heterocycles. The Hall–Kier alpha value is -1.27. The summed E-state index contributed by atoms with van der Waals surface area (Å²) in [5.41, 5.74) is 0. The highest BCUT2D eigenvalue weighted by molar-refractivity contribution is 7.89. The minimum atomic E-state index is -3.42. The second-order valence-corrected chi connectivity index (χ2v) is 5.01. The van der Waals surface area contributed by atoms with Crippen LogP contribution < -0.4 is 14.2 Å². The number of hydrogen-bond donors (Lipinski definition) is 1. The molecule has 0 fully saturated rings. The van der Waals surface area contributed by atoms with Crippen LogP contribution in [0, 0.1) is 0 Å². The van der Waals surface area contributed by atoms with Crippen molar-refractivity contribution in [3.8, 4) is 11.5 Å². The van der Waals surface area contributed by atoms with Crippen LogP contribution >= 0.6 is 0 Å². The minimum Gasteiger partial charge on any atom is -0.451 e. The highest BCUT2D eigenvalue weighted by Crippen LogP contribution is 2.36. The molecule has 2 rings (SSSR count). The number of rotatable bonds is 2. The molecule has 1 atom stereocenters. The fourth-order valence-corrected chi connectivity index (χ4v) is 2.09. The molecule has 0 amide bonds. The summed E-state index contributed by atoms with van der Waals surface area (Å²) in [5.74, 6) is 1.02. The van der Waals surface area contributed by atoms with E-state index in [0.29, 0.717) is 11.5 Å². The SMILES string of the molecule is CNS(=O)(=O)c1ccc2c(c1)OC(C)O2. The molecule has 1 heterocycles. The van der Waals surface area contributed by atoms with Crippen LogP contribution in [0.2, 0.25) is 0 Å². The Kier molecular flexibility index (Phi) is 2.32. The van der Waals surface area contributed by atoms with Crippen LogP contribution in [0.15, 0.2) is 23.1 Å². The molecule has 0 saturated carbocycles. The number of benzene rings is 1. The average molecular weight is 229 g/mol. The molecule has 0 bridgehead atoms. The van der Waals surface area contributed by atoms with E-state index in [9.17, 15) is 8.42 Å². The van der Waals surface area contributed by atoms with Gasteiger partial charge in [-0.1, -0.05) is 0 Å². The Bertz CT molecular complexity index is 483. The molecule has 1 unspecified atom stereocenters. The molecule has 5 nitrogen and oxygen atoms in total. The second kappa shape index (κ2) is 3.39. The van der Waals surface area contributed by atoms with Gasteiger partial charge >= 0.3 is 0 Å². The van der Waals surface area contributed by atoms with Crippen molar-refractivity contribution < 1.29 is 17.9 Å². The van der Waals surface area contributed by atoms with Crippen molar-refractivity contribution >= 4 is 10.0 Å². The van der Waals surface area contributed by atoms with E-state index in [-0.39, 0.29) is 11.2 Å². The van der Waals surface area contributed by atoms with Crippen molar-refractivity contribution in [1.29, 1.82) is 0 Å². The number of sulfonamides is 1. The topological polar surface area (TPSA) is 64.6 Å². The number of ether oxygens (including phenoxy) is 2. The number of nitrogens with one attached hydrogen (secondary N) is 1. The van der Waals surface area contributed by atoms with Gasteiger partial charge in [0, 0.05) is 13.0 Å². The molecule has 0 spiro atoms. The summed E-state index contributed by atoms with van der Waals surface area (Å²) in [6.45, 7) is 1.74. The first-order valence-corrected chi connectivity index (χ1v) is 5.92. The van der Waals surface area contributed by atoms with Gasteiger partial charge in [-0.2, -0.15) is 0 Å². The van der Waals surface area contributed by atoms with E-state index >= 15 is 0 Å². The zero-order valence-electron chi connectivity index (χ0n) is 8.35. The molecule has 1 aliphatic rings. The smallest absolute Gasteiger partial charge is 0.240 e. The third-order valence-corrected chi connectivity index (χ3v) is 3.49. The molecule has 0 radical (unpaired) electrons.